The van der Waals surface area contributed by atoms with Crippen molar-refractivity contribution in [3.8, 4) is 16.9 Å². The maximum atomic E-state index is 12.7. The first-order chi connectivity index (χ1) is 15.8. The molecule has 0 saturated heterocycles. The van der Waals surface area contributed by atoms with E-state index >= 15 is 0 Å². The van der Waals surface area contributed by atoms with Crippen LogP contribution in [-0.2, 0) is 14.3 Å². The standard InChI is InChI=1S/C27H35NO6/c1-19(28(24(29)32-26(2,3)4)34-25(30)33-27(5,6)7)12-13-20-10-9-11-22(18-20)21-14-16-23(31-8)17-15-21/h9-19H,1-8H3/b13-12+/t19-/m0/s1. The van der Waals surface area contributed by atoms with Gasteiger partial charge in [0.25, 0.3) is 0 Å². The number of methoxy groups -OCH3 is 1. The highest BCUT2D eigenvalue weighted by Crippen LogP contribution is 2.24. The van der Waals surface area contributed by atoms with E-state index in [9.17, 15) is 9.59 Å². The second-order valence-corrected chi connectivity index (χ2v) is 9.82. The highest BCUT2D eigenvalue weighted by atomic mass is 16.8. The molecule has 7 nitrogen and oxygen atoms in total. The number of carbonyl (C=O) groups is 2. The van der Waals surface area contributed by atoms with Crippen molar-refractivity contribution in [2.45, 2.75) is 65.7 Å². The lowest BCUT2D eigenvalue weighted by Crippen LogP contribution is -2.43. The van der Waals surface area contributed by atoms with Gasteiger partial charge in [-0.05, 0) is 83.4 Å². The van der Waals surface area contributed by atoms with Crippen LogP contribution in [0.3, 0.4) is 0 Å². The fourth-order valence-corrected chi connectivity index (χ4v) is 2.88. The molecule has 34 heavy (non-hydrogen) atoms. The third-order valence-electron chi connectivity index (χ3n) is 4.38. The average molecular weight is 470 g/mol. The van der Waals surface area contributed by atoms with Crippen LogP contribution in [0.2, 0.25) is 0 Å². The van der Waals surface area contributed by atoms with Crippen LogP contribution in [-0.4, -0.2) is 41.7 Å². The summed E-state index contributed by atoms with van der Waals surface area (Å²) in [7, 11) is 1.63. The third-order valence-corrected chi connectivity index (χ3v) is 4.38. The molecule has 0 N–H and O–H groups in total. The summed E-state index contributed by atoms with van der Waals surface area (Å²) in [5, 5.41) is 0.878. The number of hydrogen-bond donors (Lipinski definition) is 0. The molecule has 0 heterocycles. The maximum absolute atomic E-state index is 12.7. The van der Waals surface area contributed by atoms with E-state index < -0.39 is 29.5 Å². The summed E-state index contributed by atoms with van der Waals surface area (Å²) >= 11 is 0. The van der Waals surface area contributed by atoms with E-state index in [1.54, 1.807) is 61.7 Å². The first kappa shape index (κ1) is 26.8. The Bertz CT molecular complexity index is 999. The van der Waals surface area contributed by atoms with Gasteiger partial charge in [-0.25, -0.2) is 9.59 Å². The minimum absolute atomic E-state index is 0.619. The molecule has 0 aliphatic carbocycles. The zero-order valence-electron chi connectivity index (χ0n) is 21.2. The molecule has 0 aliphatic rings. The van der Waals surface area contributed by atoms with Gasteiger partial charge in [0.15, 0.2) is 0 Å². The van der Waals surface area contributed by atoms with Crippen molar-refractivity contribution in [3.05, 3.63) is 60.2 Å². The van der Waals surface area contributed by atoms with Gasteiger partial charge in [0, 0.05) is 0 Å². The van der Waals surface area contributed by atoms with Crippen LogP contribution >= 0.6 is 0 Å². The molecular formula is C27H35NO6. The molecule has 1 atom stereocenters. The molecule has 2 aromatic rings. The topological polar surface area (TPSA) is 74.3 Å². The molecule has 2 rings (SSSR count). The monoisotopic (exact) mass is 469 g/mol. The van der Waals surface area contributed by atoms with E-state index in [0.29, 0.717) is 0 Å². The number of hydroxylamine groups is 2. The van der Waals surface area contributed by atoms with Gasteiger partial charge in [-0.1, -0.05) is 42.5 Å². The predicted octanol–water partition coefficient (Wildman–Crippen LogP) is 6.87. The molecule has 0 aliphatic heterocycles. The number of carbonyl (C=O) groups excluding carboxylic acids is 2. The predicted molar refractivity (Wildman–Crippen MR) is 132 cm³/mol. The lowest BCUT2D eigenvalue weighted by molar-refractivity contribution is -0.145. The molecule has 0 spiro atoms. The second kappa shape index (κ2) is 11.1. The quantitative estimate of drug-likeness (QED) is 0.351. The molecule has 1 amide bonds. The highest BCUT2D eigenvalue weighted by molar-refractivity contribution is 5.71. The van der Waals surface area contributed by atoms with Gasteiger partial charge in [-0.15, -0.1) is 5.06 Å². The number of nitrogens with zero attached hydrogens (tertiary/aromatic N) is 1. The molecule has 184 valence electrons. The number of rotatable bonds is 5. The van der Waals surface area contributed by atoms with E-state index in [-0.39, 0.29) is 0 Å². The molecule has 0 radical (unpaired) electrons. The first-order valence-corrected chi connectivity index (χ1v) is 11.1. The van der Waals surface area contributed by atoms with Crippen LogP contribution in [0, 0.1) is 0 Å². The maximum Gasteiger partial charge on any atom is 0.534 e. The Morgan fingerprint density at radius 1 is 0.882 bits per heavy atom. The van der Waals surface area contributed by atoms with E-state index in [2.05, 4.69) is 0 Å². The summed E-state index contributed by atoms with van der Waals surface area (Å²) in [6.45, 7) is 12.1. The molecule has 0 aromatic heterocycles. The summed E-state index contributed by atoms with van der Waals surface area (Å²) in [6.07, 6.45) is 1.83. The molecule has 2 aromatic carbocycles. The molecule has 0 unspecified atom stereocenters. The van der Waals surface area contributed by atoms with Crippen LogP contribution in [0.15, 0.2) is 54.6 Å². The van der Waals surface area contributed by atoms with Crippen molar-refractivity contribution < 1.29 is 28.6 Å². The van der Waals surface area contributed by atoms with Crippen LogP contribution in [0.5, 0.6) is 5.75 Å². The number of amides is 1. The fourth-order valence-electron chi connectivity index (χ4n) is 2.88. The zero-order chi connectivity index (χ0) is 25.5. The number of ether oxygens (including phenoxy) is 3. The molecule has 7 heteroatoms. The lowest BCUT2D eigenvalue weighted by Gasteiger charge is -2.29. The van der Waals surface area contributed by atoms with Gasteiger partial charge in [0.1, 0.15) is 17.0 Å². The zero-order valence-corrected chi connectivity index (χ0v) is 21.2. The Hall–Kier alpha value is -3.48. The highest BCUT2D eigenvalue weighted by Gasteiger charge is 2.30. The van der Waals surface area contributed by atoms with Gasteiger partial charge in [-0.3, -0.25) is 4.84 Å². The van der Waals surface area contributed by atoms with E-state index in [4.69, 9.17) is 19.0 Å². The van der Waals surface area contributed by atoms with Gasteiger partial charge in [-0.2, -0.15) is 0 Å². The number of benzene rings is 2. The van der Waals surface area contributed by atoms with Crippen molar-refractivity contribution in [2.24, 2.45) is 0 Å². The third kappa shape index (κ3) is 8.81. The fraction of sp³-hybridized carbons (Fsp3) is 0.407. The second-order valence-electron chi connectivity index (χ2n) is 9.82. The molecule has 0 saturated carbocycles. The van der Waals surface area contributed by atoms with Crippen LogP contribution in [0.25, 0.3) is 17.2 Å². The number of hydrogen-bond acceptors (Lipinski definition) is 6. The van der Waals surface area contributed by atoms with Crippen molar-refractivity contribution in [3.63, 3.8) is 0 Å². The normalized spacial score (nSPS) is 12.7. The molecule has 0 fully saturated rings. The van der Waals surface area contributed by atoms with Crippen molar-refractivity contribution in [2.75, 3.05) is 7.11 Å². The van der Waals surface area contributed by atoms with E-state index in [1.165, 1.54) is 0 Å². The summed E-state index contributed by atoms with van der Waals surface area (Å²) in [5.41, 5.74) is 1.47. The van der Waals surface area contributed by atoms with E-state index in [1.807, 2.05) is 54.6 Å². The molecule has 0 bridgehead atoms. The SMILES string of the molecule is COc1ccc(-c2cccc(/C=C/[C@H](C)N(OC(=O)OC(C)(C)C)C(=O)OC(C)(C)C)c2)cc1. The van der Waals surface area contributed by atoms with Gasteiger partial charge in [0.2, 0.25) is 0 Å². The first-order valence-electron chi connectivity index (χ1n) is 11.1. The van der Waals surface area contributed by atoms with Crippen molar-refractivity contribution in [1.29, 1.82) is 0 Å². The summed E-state index contributed by atoms with van der Waals surface area (Å²) in [5.74, 6) is 0.792. The minimum Gasteiger partial charge on any atom is -0.497 e. The van der Waals surface area contributed by atoms with E-state index in [0.717, 1.165) is 27.5 Å². The van der Waals surface area contributed by atoms with Gasteiger partial charge < -0.3 is 14.2 Å². The summed E-state index contributed by atoms with van der Waals surface area (Å²) in [4.78, 5) is 30.2. The Morgan fingerprint density at radius 2 is 1.50 bits per heavy atom. The Kier molecular flexibility index (Phi) is 8.74. The average Bonchev–Trinajstić information content (AvgIpc) is 2.73. The smallest absolute Gasteiger partial charge is 0.497 e. The Labute approximate surface area is 202 Å². The van der Waals surface area contributed by atoms with Crippen molar-refractivity contribution in [1.82, 2.24) is 5.06 Å². The van der Waals surface area contributed by atoms with Crippen LogP contribution in [0.4, 0.5) is 9.59 Å². The summed E-state index contributed by atoms with van der Waals surface area (Å²) in [6, 6.07) is 15.1. The Balaban J connectivity index is 2.22. The van der Waals surface area contributed by atoms with Crippen molar-refractivity contribution >= 4 is 18.3 Å². The minimum atomic E-state index is -0.986. The van der Waals surface area contributed by atoms with Crippen LogP contribution in [0.1, 0.15) is 54.0 Å². The summed E-state index contributed by atoms with van der Waals surface area (Å²) < 4.78 is 15.8. The van der Waals surface area contributed by atoms with Gasteiger partial charge in [0.05, 0.1) is 13.2 Å². The lowest BCUT2D eigenvalue weighted by atomic mass is 10.0. The molecular weight excluding hydrogens is 434 g/mol. The largest absolute Gasteiger partial charge is 0.534 e. The Morgan fingerprint density at radius 3 is 2.06 bits per heavy atom. The van der Waals surface area contributed by atoms with Gasteiger partial charge >= 0.3 is 12.2 Å². The van der Waals surface area contributed by atoms with Crippen LogP contribution < -0.4 is 4.74 Å².